The summed E-state index contributed by atoms with van der Waals surface area (Å²) in [4.78, 5) is 27.7. The Bertz CT molecular complexity index is 933. The Morgan fingerprint density at radius 1 is 1.06 bits per heavy atom. The Labute approximate surface area is 209 Å². The molecular weight excluding hydrogens is 487 g/mol. The van der Waals surface area contributed by atoms with Crippen molar-refractivity contribution in [1.82, 2.24) is 10.2 Å². The largest absolute Gasteiger partial charge is 0.352 e. The molecule has 4 nitrogen and oxygen atoms in total. The van der Waals surface area contributed by atoms with Crippen LogP contribution in [0.15, 0.2) is 42.5 Å². The van der Waals surface area contributed by atoms with Crippen LogP contribution in [0.5, 0.6) is 0 Å². The second-order valence-corrected chi connectivity index (χ2v) is 10.3. The smallest absolute Gasteiger partial charge is 0.242 e. The van der Waals surface area contributed by atoms with Gasteiger partial charge in [0.25, 0.3) is 0 Å². The molecule has 0 heterocycles. The second kappa shape index (κ2) is 12.2. The van der Waals surface area contributed by atoms with E-state index in [1.54, 1.807) is 30.0 Å². The zero-order valence-electron chi connectivity index (χ0n) is 18.0. The summed E-state index contributed by atoms with van der Waals surface area (Å²) in [6.45, 7) is 2.02. The summed E-state index contributed by atoms with van der Waals surface area (Å²) in [5, 5.41) is 4.80. The third-order valence-corrected chi connectivity index (χ3v) is 7.46. The highest BCUT2D eigenvalue weighted by Gasteiger charge is 2.28. The molecule has 32 heavy (non-hydrogen) atoms. The van der Waals surface area contributed by atoms with E-state index < -0.39 is 6.04 Å². The van der Waals surface area contributed by atoms with Gasteiger partial charge in [0, 0.05) is 33.4 Å². The Kier molecular flexibility index (Phi) is 9.60. The first-order valence-corrected chi connectivity index (χ1v) is 13.0. The molecule has 172 valence electrons. The van der Waals surface area contributed by atoms with Crippen molar-refractivity contribution >= 4 is 58.4 Å². The van der Waals surface area contributed by atoms with E-state index in [0.717, 1.165) is 36.8 Å². The Hall–Kier alpha value is -1.40. The molecule has 8 heteroatoms. The number of carbonyl (C=O) groups is 2. The average Bonchev–Trinajstić information content (AvgIpc) is 3.27. The number of halogens is 3. The Morgan fingerprint density at radius 3 is 2.38 bits per heavy atom. The van der Waals surface area contributed by atoms with Gasteiger partial charge in [-0.25, -0.2) is 0 Å². The molecule has 0 aromatic heterocycles. The molecule has 0 aliphatic heterocycles. The molecular formula is C24H27Cl3N2O2S. The van der Waals surface area contributed by atoms with Crippen molar-refractivity contribution in [2.24, 2.45) is 0 Å². The van der Waals surface area contributed by atoms with Crippen LogP contribution in [-0.2, 0) is 21.9 Å². The molecule has 1 fully saturated rings. The fourth-order valence-electron chi connectivity index (χ4n) is 3.73. The molecule has 0 bridgehead atoms. The highest BCUT2D eigenvalue weighted by Crippen LogP contribution is 2.24. The van der Waals surface area contributed by atoms with Crippen molar-refractivity contribution in [2.75, 3.05) is 5.75 Å². The van der Waals surface area contributed by atoms with E-state index in [0.29, 0.717) is 20.8 Å². The van der Waals surface area contributed by atoms with Gasteiger partial charge in [0.2, 0.25) is 11.8 Å². The van der Waals surface area contributed by atoms with Gasteiger partial charge in [0.15, 0.2) is 0 Å². The number of hydrogen-bond acceptors (Lipinski definition) is 3. The lowest BCUT2D eigenvalue weighted by atomic mass is 10.1. The van der Waals surface area contributed by atoms with Gasteiger partial charge in [-0.15, -0.1) is 11.8 Å². The molecule has 3 rings (SSSR count). The second-order valence-electron chi connectivity index (χ2n) is 8.04. The summed E-state index contributed by atoms with van der Waals surface area (Å²) >= 11 is 19.8. The van der Waals surface area contributed by atoms with E-state index in [2.05, 4.69) is 5.32 Å². The van der Waals surface area contributed by atoms with Crippen molar-refractivity contribution in [3.05, 3.63) is 68.7 Å². The maximum Gasteiger partial charge on any atom is 0.242 e. The molecule has 0 spiro atoms. The molecule has 1 N–H and O–H groups in total. The van der Waals surface area contributed by atoms with Gasteiger partial charge in [-0.1, -0.05) is 65.8 Å². The van der Waals surface area contributed by atoms with Crippen LogP contribution in [0.2, 0.25) is 15.1 Å². The topological polar surface area (TPSA) is 49.4 Å². The number of rotatable bonds is 9. The number of amides is 2. The third kappa shape index (κ3) is 7.31. The number of nitrogens with one attached hydrogen (secondary N) is 1. The monoisotopic (exact) mass is 512 g/mol. The number of hydrogen-bond donors (Lipinski definition) is 1. The van der Waals surface area contributed by atoms with E-state index in [9.17, 15) is 9.59 Å². The van der Waals surface area contributed by atoms with Gasteiger partial charge >= 0.3 is 0 Å². The van der Waals surface area contributed by atoms with Crippen LogP contribution in [0.1, 0.15) is 43.7 Å². The predicted molar refractivity (Wildman–Crippen MR) is 134 cm³/mol. The minimum absolute atomic E-state index is 0.107. The number of nitrogens with zero attached hydrogens (tertiary/aromatic N) is 1. The standard InChI is InChI=1S/C24H27Cl3N2O2S/c1-16(24(31)28-21-4-2-3-5-21)29(13-18-8-11-20(26)12-22(18)27)23(30)15-32-14-17-6-9-19(25)10-7-17/h6-12,16,21H,2-5,13-15H2,1H3,(H,28,31). The molecule has 2 aromatic rings. The summed E-state index contributed by atoms with van der Waals surface area (Å²) in [5.41, 5.74) is 1.85. The fourth-order valence-corrected chi connectivity index (χ4v) is 5.19. The number of carbonyl (C=O) groups excluding carboxylic acids is 2. The first-order chi connectivity index (χ1) is 15.3. The Morgan fingerprint density at radius 2 is 1.72 bits per heavy atom. The van der Waals surface area contributed by atoms with Crippen LogP contribution in [0.4, 0.5) is 0 Å². The van der Waals surface area contributed by atoms with Gasteiger partial charge in [-0.05, 0) is 55.2 Å². The van der Waals surface area contributed by atoms with E-state index in [1.165, 1.54) is 11.8 Å². The van der Waals surface area contributed by atoms with Crippen molar-refractivity contribution in [1.29, 1.82) is 0 Å². The van der Waals surface area contributed by atoms with Gasteiger partial charge < -0.3 is 10.2 Å². The van der Waals surface area contributed by atoms with Crippen molar-refractivity contribution in [2.45, 2.75) is 57.0 Å². The predicted octanol–water partition coefficient (Wildman–Crippen LogP) is 6.36. The molecule has 0 radical (unpaired) electrons. The minimum Gasteiger partial charge on any atom is -0.352 e. The van der Waals surface area contributed by atoms with Crippen LogP contribution in [0, 0.1) is 0 Å². The summed E-state index contributed by atoms with van der Waals surface area (Å²) < 4.78 is 0. The molecule has 1 aliphatic rings. The maximum absolute atomic E-state index is 13.2. The van der Waals surface area contributed by atoms with E-state index in [1.807, 2.05) is 24.3 Å². The van der Waals surface area contributed by atoms with Crippen LogP contribution in [0.3, 0.4) is 0 Å². The molecule has 0 saturated heterocycles. The summed E-state index contributed by atoms with van der Waals surface area (Å²) in [5.74, 6) is 0.706. The van der Waals surface area contributed by atoms with E-state index in [-0.39, 0.29) is 30.2 Å². The lowest BCUT2D eigenvalue weighted by molar-refractivity contribution is -0.138. The van der Waals surface area contributed by atoms with Crippen LogP contribution in [-0.4, -0.2) is 34.6 Å². The summed E-state index contributed by atoms with van der Waals surface area (Å²) in [6, 6.07) is 12.3. The number of thioether (sulfide) groups is 1. The third-order valence-electron chi connectivity index (χ3n) is 5.63. The van der Waals surface area contributed by atoms with E-state index >= 15 is 0 Å². The van der Waals surface area contributed by atoms with Gasteiger partial charge in [-0.3, -0.25) is 9.59 Å². The lowest BCUT2D eigenvalue weighted by Crippen LogP contribution is -2.50. The molecule has 2 aromatic carbocycles. The molecule has 2 amide bonds. The van der Waals surface area contributed by atoms with Gasteiger partial charge in [0.05, 0.1) is 5.75 Å². The summed E-state index contributed by atoms with van der Waals surface area (Å²) in [7, 11) is 0. The molecule has 1 saturated carbocycles. The summed E-state index contributed by atoms with van der Waals surface area (Å²) in [6.07, 6.45) is 4.24. The lowest BCUT2D eigenvalue weighted by Gasteiger charge is -2.30. The van der Waals surface area contributed by atoms with Crippen molar-refractivity contribution in [3.63, 3.8) is 0 Å². The van der Waals surface area contributed by atoms with Crippen LogP contribution in [0.25, 0.3) is 0 Å². The van der Waals surface area contributed by atoms with Gasteiger partial charge in [0.1, 0.15) is 6.04 Å². The van der Waals surface area contributed by atoms with Crippen molar-refractivity contribution in [3.8, 4) is 0 Å². The zero-order chi connectivity index (χ0) is 23.1. The highest BCUT2D eigenvalue weighted by molar-refractivity contribution is 7.99. The Balaban J connectivity index is 1.68. The van der Waals surface area contributed by atoms with Crippen LogP contribution < -0.4 is 5.32 Å². The molecule has 1 unspecified atom stereocenters. The average molecular weight is 514 g/mol. The highest BCUT2D eigenvalue weighted by atomic mass is 35.5. The van der Waals surface area contributed by atoms with Crippen molar-refractivity contribution < 1.29 is 9.59 Å². The minimum atomic E-state index is -0.606. The number of benzene rings is 2. The van der Waals surface area contributed by atoms with Crippen LogP contribution >= 0.6 is 46.6 Å². The quantitative estimate of drug-likeness (QED) is 0.425. The molecule has 1 atom stereocenters. The van der Waals surface area contributed by atoms with E-state index in [4.69, 9.17) is 34.8 Å². The first-order valence-electron chi connectivity index (χ1n) is 10.7. The normalized spacial score (nSPS) is 14.9. The van der Waals surface area contributed by atoms with Gasteiger partial charge in [-0.2, -0.15) is 0 Å². The first kappa shape index (κ1) is 25.2. The SMILES string of the molecule is CC(C(=O)NC1CCCC1)N(Cc1ccc(Cl)cc1Cl)C(=O)CSCc1ccc(Cl)cc1. The molecule has 1 aliphatic carbocycles. The maximum atomic E-state index is 13.2. The zero-order valence-corrected chi connectivity index (χ0v) is 21.0. The fraction of sp³-hybridized carbons (Fsp3) is 0.417.